The number of carbonyl (C=O) groups is 1. The number of guanidine groups is 1. The van der Waals surface area contributed by atoms with Crippen molar-refractivity contribution in [2.45, 2.75) is 25.8 Å². The fourth-order valence-electron chi connectivity index (χ4n) is 3.61. The summed E-state index contributed by atoms with van der Waals surface area (Å²) in [6, 6.07) is 10.6. The lowest BCUT2D eigenvalue weighted by Crippen LogP contribution is -2.47. The van der Waals surface area contributed by atoms with Crippen LogP contribution in [0.25, 0.3) is 10.9 Å². The largest absolute Gasteiger partial charge is 0.469 e. The quantitative estimate of drug-likeness (QED) is 0.387. The molecule has 2 heterocycles. The van der Waals surface area contributed by atoms with Crippen LogP contribution in [0.15, 0.2) is 41.5 Å². The van der Waals surface area contributed by atoms with Gasteiger partial charge in [0, 0.05) is 44.9 Å². The van der Waals surface area contributed by atoms with Crippen LogP contribution in [0.1, 0.15) is 19.3 Å². The second-order valence-electron chi connectivity index (χ2n) is 6.68. The summed E-state index contributed by atoms with van der Waals surface area (Å²) in [6.45, 7) is 3.52. The first-order valence-corrected chi connectivity index (χ1v) is 9.30. The van der Waals surface area contributed by atoms with E-state index < -0.39 is 0 Å². The van der Waals surface area contributed by atoms with E-state index in [1.54, 1.807) is 0 Å². The molecule has 26 heavy (non-hydrogen) atoms. The maximum atomic E-state index is 11.6. The Labute approximate surface area is 154 Å². The van der Waals surface area contributed by atoms with Gasteiger partial charge in [-0.05, 0) is 36.8 Å². The van der Waals surface area contributed by atoms with Gasteiger partial charge in [0.05, 0.1) is 13.0 Å². The molecule has 0 spiro atoms. The number of esters is 1. The lowest BCUT2D eigenvalue weighted by atomic mass is 9.97. The monoisotopic (exact) mass is 356 g/mol. The third-order valence-corrected chi connectivity index (χ3v) is 5.08. The van der Waals surface area contributed by atoms with Crippen LogP contribution in [0.3, 0.4) is 0 Å². The highest BCUT2D eigenvalue weighted by Gasteiger charge is 2.26. The van der Waals surface area contributed by atoms with E-state index in [9.17, 15) is 4.79 Å². The Kier molecular flexibility index (Phi) is 6.15. The standard InChI is InChI=1S/C20H28N4O2/c1-21-20(24-14-9-17(10-15-24)19(25)26-2)22-11-5-12-23-13-8-16-6-3-4-7-18(16)23/h3-4,6-8,13,17H,5,9-12,14-15H2,1-2H3,(H,21,22). The van der Waals surface area contributed by atoms with Crippen molar-refractivity contribution >= 4 is 22.8 Å². The molecule has 0 unspecified atom stereocenters. The van der Waals surface area contributed by atoms with Crippen molar-refractivity contribution in [1.29, 1.82) is 0 Å². The van der Waals surface area contributed by atoms with Gasteiger partial charge in [0.25, 0.3) is 0 Å². The van der Waals surface area contributed by atoms with Crippen molar-refractivity contribution in [3.05, 3.63) is 36.5 Å². The Morgan fingerprint density at radius 2 is 2.04 bits per heavy atom. The highest BCUT2D eigenvalue weighted by Crippen LogP contribution is 2.18. The number of aryl methyl sites for hydroxylation is 1. The van der Waals surface area contributed by atoms with Crippen LogP contribution >= 0.6 is 0 Å². The Bertz CT molecular complexity index is 760. The van der Waals surface area contributed by atoms with Gasteiger partial charge in [0.1, 0.15) is 0 Å². The molecule has 1 N–H and O–H groups in total. The molecule has 1 saturated heterocycles. The molecular formula is C20H28N4O2. The summed E-state index contributed by atoms with van der Waals surface area (Å²) in [5, 5.41) is 4.74. The van der Waals surface area contributed by atoms with Crippen molar-refractivity contribution in [2.24, 2.45) is 10.9 Å². The third-order valence-electron chi connectivity index (χ3n) is 5.08. The minimum absolute atomic E-state index is 0.0244. The Balaban J connectivity index is 1.44. The van der Waals surface area contributed by atoms with E-state index in [1.165, 1.54) is 18.0 Å². The van der Waals surface area contributed by atoms with Crippen LogP contribution in [0.2, 0.25) is 0 Å². The van der Waals surface area contributed by atoms with Gasteiger partial charge in [0.2, 0.25) is 0 Å². The van der Waals surface area contributed by atoms with Crippen LogP contribution in [-0.4, -0.2) is 55.2 Å². The molecule has 0 saturated carbocycles. The van der Waals surface area contributed by atoms with Crippen molar-refractivity contribution < 1.29 is 9.53 Å². The van der Waals surface area contributed by atoms with Crippen molar-refractivity contribution in [2.75, 3.05) is 33.8 Å². The second-order valence-corrected chi connectivity index (χ2v) is 6.68. The number of carbonyl (C=O) groups excluding carboxylic acids is 1. The van der Waals surface area contributed by atoms with Gasteiger partial charge < -0.3 is 19.5 Å². The molecule has 1 aromatic carbocycles. The Morgan fingerprint density at radius 3 is 2.77 bits per heavy atom. The smallest absolute Gasteiger partial charge is 0.308 e. The predicted octanol–water partition coefficient (Wildman–Crippen LogP) is 2.49. The van der Waals surface area contributed by atoms with Crippen molar-refractivity contribution in [3.8, 4) is 0 Å². The van der Waals surface area contributed by atoms with E-state index >= 15 is 0 Å². The van der Waals surface area contributed by atoms with Crippen molar-refractivity contribution in [1.82, 2.24) is 14.8 Å². The topological polar surface area (TPSA) is 58.9 Å². The molecule has 2 aromatic rings. The van der Waals surface area contributed by atoms with Crippen LogP contribution in [-0.2, 0) is 16.1 Å². The number of hydrogen-bond donors (Lipinski definition) is 1. The molecule has 6 nitrogen and oxygen atoms in total. The summed E-state index contributed by atoms with van der Waals surface area (Å²) in [7, 11) is 3.28. The number of aliphatic imine (C=N–C) groups is 1. The molecule has 1 fully saturated rings. The first-order valence-electron chi connectivity index (χ1n) is 9.30. The maximum absolute atomic E-state index is 11.6. The number of nitrogens with one attached hydrogen (secondary N) is 1. The van der Waals surface area contributed by atoms with Gasteiger partial charge in [-0.25, -0.2) is 0 Å². The number of aromatic nitrogens is 1. The van der Waals surface area contributed by atoms with Gasteiger partial charge in [-0.1, -0.05) is 18.2 Å². The van der Waals surface area contributed by atoms with Crippen LogP contribution in [0.4, 0.5) is 0 Å². The fraction of sp³-hybridized carbons (Fsp3) is 0.500. The van der Waals surface area contributed by atoms with Crippen molar-refractivity contribution in [3.63, 3.8) is 0 Å². The van der Waals surface area contributed by atoms with E-state index in [4.69, 9.17) is 4.74 Å². The zero-order valence-corrected chi connectivity index (χ0v) is 15.6. The van der Waals surface area contributed by atoms with Crippen LogP contribution in [0.5, 0.6) is 0 Å². The zero-order valence-electron chi connectivity index (χ0n) is 15.6. The molecule has 0 atom stereocenters. The summed E-state index contributed by atoms with van der Waals surface area (Å²) in [5.74, 6) is 0.855. The molecular weight excluding hydrogens is 328 g/mol. The lowest BCUT2D eigenvalue weighted by molar-refractivity contribution is -0.146. The number of ether oxygens (including phenoxy) is 1. The number of methoxy groups -OCH3 is 1. The van der Waals surface area contributed by atoms with Gasteiger partial charge in [0.15, 0.2) is 5.96 Å². The normalized spacial score (nSPS) is 16.1. The molecule has 0 amide bonds. The van der Waals surface area contributed by atoms with Gasteiger partial charge in [-0.2, -0.15) is 0 Å². The number of fused-ring (bicyclic) bond motifs is 1. The minimum atomic E-state index is -0.0912. The summed E-state index contributed by atoms with van der Waals surface area (Å²) in [5.41, 5.74) is 1.28. The SMILES string of the molecule is CN=C(NCCCn1ccc2ccccc21)N1CCC(C(=O)OC)CC1. The van der Waals surface area contributed by atoms with E-state index in [2.05, 4.69) is 56.3 Å². The van der Waals surface area contributed by atoms with Gasteiger partial charge in [-0.15, -0.1) is 0 Å². The molecule has 6 heteroatoms. The molecule has 0 aliphatic carbocycles. The summed E-state index contributed by atoms with van der Waals surface area (Å²) in [6.07, 6.45) is 4.82. The van der Waals surface area contributed by atoms with Crippen LogP contribution in [0, 0.1) is 5.92 Å². The molecule has 1 aliphatic rings. The number of para-hydroxylation sites is 1. The average Bonchev–Trinajstić information content (AvgIpc) is 3.11. The molecule has 1 aromatic heterocycles. The molecule has 0 bridgehead atoms. The van der Waals surface area contributed by atoms with Gasteiger partial charge in [-0.3, -0.25) is 9.79 Å². The van der Waals surface area contributed by atoms with E-state index in [0.29, 0.717) is 0 Å². The number of benzene rings is 1. The molecule has 3 rings (SSSR count). The molecule has 1 aliphatic heterocycles. The lowest BCUT2D eigenvalue weighted by Gasteiger charge is -2.33. The number of piperidine rings is 1. The number of likely N-dealkylation sites (tertiary alicyclic amines) is 1. The first-order chi connectivity index (χ1) is 12.7. The van der Waals surface area contributed by atoms with E-state index in [0.717, 1.165) is 51.4 Å². The highest BCUT2D eigenvalue weighted by atomic mass is 16.5. The Hall–Kier alpha value is -2.50. The zero-order chi connectivity index (χ0) is 18.4. The first kappa shape index (κ1) is 18.3. The van der Waals surface area contributed by atoms with E-state index in [1.807, 2.05) is 7.05 Å². The number of hydrogen-bond acceptors (Lipinski definition) is 3. The van der Waals surface area contributed by atoms with Gasteiger partial charge >= 0.3 is 5.97 Å². The number of nitrogens with zero attached hydrogens (tertiary/aromatic N) is 3. The third kappa shape index (κ3) is 4.18. The predicted molar refractivity (Wildman–Crippen MR) is 104 cm³/mol. The average molecular weight is 356 g/mol. The minimum Gasteiger partial charge on any atom is -0.469 e. The summed E-state index contributed by atoms with van der Waals surface area (Å²) >= 11 is 0. The summed E-state index contributed by atoms with van der Waals surface area (Å²) in [4.78, 5) is 18.3. The van der Waals surface area contributed by atoms with Crippen LogP contribution < -0.4 is 5.32 Å². The second kappa shape index (κ2) is 8.74. The maximum Gasteiger partial charge on any atom is 0.308 e. The molecule has 140 valence electrons. The number of rotatable bonds is 5. The summed E-state index contributed by atoms with van der Waals surface area (Å²) < 4.78 is 7.14. The molecule has 0 radical (unpaired) electrons. The fourth-order valence-corrected chi connectivity index (χ4v) is 3.61. The Morgan fingerprint density at radius 1 is 1.27 bits per heavy atom. The van der Waals surface area contributed by atoms with E-state index in [-0.39, 0.29) is 11.9 Å². The highest BCUT2D eigenvalue weighted by molar-refractivity contribution is 5.81.